The lowest BCUT2D eigenvalue weighted by atomic mass is 9.93. The molecular weight excluding hydrogens is 218 g/mol. The molecule has 1 aliphatic heterocycles. The van der Waals surface area contributed by atoms with Gasteiger partial charge in [0.1, 0.15) is 5.75 Å². The van der Waals surface area contributed by atoms with Gasteiger partial charge >= 0.3 is 0 Å². The van der Waals surface area contributed by atoms with Crippen LogP contribution in [0.25, 0.3) is 0 Å². The number of aliphatic hydroxyl groups excluding tert-OH is 1. The Labute approximate surface area is 101 Å². The lowest BCUT2D eigenvalue weighted by Gasteiger charge is -2.40. The predicted octanol–water partition coefficient (Wildman–Crippen LogP) is 1.03. The van der Waals surface area contributed by atoms with E-state index in [2.05, 4.69) is 0 Å². The van der Waals surface area contributed by atoms with Crippen LogP contribution >= 0.6 is 0 Å². The third-order valence-electron chi connectivity index (χ3n) is 3.16. The largest absolute Gasteiger partial charge is 0.497 e. The molecule has 0 saturated carbocycles. The van der Waals surface area contributed by atoms with Gasteiger partial charge in [0.15, 0.2) is 0 Å². The van der Waals surface area contributed by atoms with Crippen molar-refractivity contribution in [2.75, 3.05) is 13.7 Å². The van der Waals surface area contributed by atoms with Gasteiger partial charge in [0, 0.05) is 13.1 Å². The maximum atomic E-state index is 11.7. The van der Waals surface area contributed by atoms with Crippen LogP contribution in [0.1, 0.15) is 12.5 Å². The number of β-lactam (4-membered cyclic amide) rings is 1. The first-order valence-corrected chi connectivity index (χ1v) is 5.71. The van der Waals surface area contributed by atoms with Crippen molar-refractivity contribution in [3.63, 3.8) is 0 Å². The summed E-state index contributed by atoms with van der Waals surface area (Å²) >= 11 is 0. The van der Waals surface area contributed by atoms with Crippen LogP contribution in [0.5, 0.6) is 5.75 Å². The molecule has 0 aromatic heterocycles. The van der Waals surface area contributed by atoms with Gasteiger partial charge < -0.3 is 14.7 Å². The van der Waals surface area contributed by atoms with Crippen molar-refractivity contribution >= 4 is 5.91 Å². The van der Waals surface area contributed by atoms with Crippen LogP contribution < -0.4 is 4.74 Å². The number of nitrogens with zero attached hydrogens (tertiary/aromatic N) is 1. The third-order valence-corrected chi connectivity index (χ3v) is 3.16. The first-order chi connectivity index (χ1) is 8.11. The number of likely N-dealkylation sites (tertiary alicyclic amines) is 1. The van der Waals surface area contributed by atoms with E-state index < -0.39 is 6.10 Å². The number of amides is 1. The summed E-state index contributed by atoms with van der Waals surface area (Å²) < 4.78 is 5.07. The van der Waals surface area contributed by atoms with E-state index in [1.807, 2.05) is 24.3 Å². The molecule has 2 atom stereocenters. The van der Waals surface area contributed by atoms with Crippen LogP contribution in [-0.2, 0) is 11.3 Å². The summed E-state index contributed by atoms with van der Waals surface area (Å²) in [6.07, 6.45) is -0.547. The highest BCUT2D eigenvalue weighted by Crippen LogP contribution is 2.24. The Morgan fingerprint density at radius 3 is 2.59 bits per heavy atom. The van der Waals surface area contributed by atoms with Crippen molar-refractivity contribution in [3.05, 3.63) is 29.8 Å². The quantitative estimate of drug-likeness (QED) is 0.793. The van der Waals surface area contributed by atoms with Gasteiger partial charge in [-0.3, -0.25) is 4.79 Å². The fraction of sp³-hybridized carbons (Fsp3) is 0.462. The van der Waals surface area contributed by atoms with Crippen LogP contribution in [-0.4, -0.2) is 35.7 Å². The third kappa shape index (κ3) is 2.42. The predicted molar refractivity (Wildman–Crippen MR) is 63.6 cm³/mol. The molecule has 17 heavy (non-hydrogen) atoms. The van der Waals surface area contributed by atoms with E-state index in [1.54, 1.807) is 18.9 Å². The smallest absolute Gasteiger partial charge is 0.230 e. The summed E-state index contributed by atoms with van der Waals surface area (Å²) in [6.45, 7) is 2.90. The maximum absolute atomic E-state index is 11.7. The van der Waals surface area contributed by atoms with E-state index in [0.29, 0.717) is 13.1 Å². The minimum absolute atomic E-state index is 0.0378. The van der Waals surface area contributed by atoms with Crippen LogP contribution in [0.15, 0.2) is 24.3 Å². The summed E-state index contributed by atoms with van der Waals surface area (Å²) in [4.78, 5) is 13.4. The minimum atomic E-state index is -0.547. The molecule has 1 fully saturated rings. The Morgan fingerprint density at radius 2 is 2.12 bits per heavy atom. The van der Waals surface area contributed by atoms with Crippen LogP contribution in [0.2, 0.25) is 0 Å². The monoisotopic (exact) mass is 235 g/mol. The number of carbonyl (C=O) groups is 1. The van der Waals surface area contributed by atoms with Gasteiger partial charge in [0.2, 0.25) is 5.91 Å². The van der Waals surface area contributed by atoms with E-state index in [0.717, 1.165) is 11.3 Å². The molecule has 1 saturated heterocycles. The fourth-order valence-corrected chi connectivity index (χ4v) is 1.98. The standard InChI is InChI=1S/C13H17NO3/c1-9(15)12-8-14(13(12)16)7-10-3-5-11(17-2)6-4-10/h3-6,9,12,15H,7-8H2,1-2H3. The molecule has 4 nitrogen and oxygen atoms in total. The molecule has 4 heteroatoms. The molecule has 1 aromatic rings. The molecule has 1 amide bonds. The minimum Gasteiger partial charge on any atom is -0.497 e. The van der Waals surface area contributed by atoms with Gasteiger partial charge in [0.25, 0.3) is 0 Å². The molecule has 1 aromatic carbocycles. The highest BCUT2D eigenvalue weighted by molar-refractivity contribution is 5.85. The Bertz CT molecular complexity index is 400. The van der Waals surface area contributed by atoms with E-state index >= 15 is 0 Å². The van der Waals surface area contributed by atoms with Crippen molar-refractivity contribution in [2.45, 2.75) is 19.6 Å². The number of rotatable bonds is 4. The second kappa shape index (κ2) is 4.75. The molecule has 2 rings (SSSR count). The van der Waals surface area contributed by atoms with Gasteiger partial charge in [-0.15, -0.1) is 0 Å². The zero-order chi connectivity index (χ0) is 12.4. The molecular formula is C13H17NO3. The number of hydrogen-bond donors (Lipinski definition) is 1. The molecule has 0 radical (unpaired) electrons. The van der Waals surface area contributed by atoms with Gasteiger partial charge in [-0.05, 0) is 24.6 Å². The van der Waals surface area contributed by atoms with E-state index in [1.165, 1.54) is 0 Å². The lowest BCUT2D eigenvalue weighted by Crippen LogP contribution is -2.55. The SMILES string of the molecule is COc1ccc(CN2CC(C(C)O)C2=O)cc1. The van der Waals surface area contributed by atoms with Crippen LogP contribution in [0.4, 0.5) is 0 Å². The summed E-state index contributed by atoms with van der Waals surface area (Å²) in [5.41, 5.74) is 1.07. The van der Waals surface area contributed by atoms with Crippen molar-refractivity contribution < 1.29 is 14.6 Å². The molecule has 2 unspecified atom stereocenters. The number of ether oxygens (including phenoxy) is 1. The lowest BCUT2D eigenvalue weighted by molar-refractivity contribution is -0.154. The highest BCUT2D eigenvalue weighted by atomic mass is 16.5. The summed E-state index contributed by atoms with van der Waals surface area (Å²) in [5.74, 6) is 0.634. The van der Waals surface area contributed by atoms with Crippen LogP contribution in [0, 0.1) is 5.92 Å². The number of carbonyl (C=O) groups excluding carboxylic acids is 1. The summed E-state index contributed by atoms with van der Waals surface area (Å²) in [7, 11) is 1.63. The molecule has 0 bridgehead atoms. The Balaban J connectivity index is 1.92. The number of methoxy groups -OCH3 is 1. The van der Waals surface area contributed by atoms with Gasteiger partial charge in [-0.1, -0.05) is 12.1 Å². The highest BCUT2D eigenvalue weighted by Gasteiger charge is 2.39. The fourth-order valence-electron chi connectivity index (χ4n) is 1.98. The topological polar surface area (TPSA) is 49.8 Å². The molecule has 92 valence electrons. The van der Waals surface area contributed by atoms with E-state index in [9.17, 15) is 9.90 Å². The number of benzene rings is 1. The van der Waals surface area contributed by atoms with Crippen molar-refractivity contribution in [2.24, 2.45) is 5.92 Å². The van der Waals surface area contributed by atoms with Gasteiger partial charge in [-0.2, -0.15) is 0 Å². The molecule has 1 heterocycles. The number of aliphatic hydroxyl groups is 1. The second-order valence-electron chi connectivity index (χ2n) is 4.41. The Morgan fingerprint density at radius 1 is 1.47 bits per heavy atom. The zero-order valence-corrected chi connectivity index (χ0v) is 10.1. The summed E-state index contributed by atoms with van der Waals surface area (Å²) in [6, 6.07) is 7.65. The van der Waals surface area contributed by atoms with Crippen molar-refractivity contribution in [1.29, 1.82) is 0 Å². The average Bonchev–Trinajstić information content (AvgIpc) is 2.33. The van der Waals surface area contributed by atoms with Crippen molar-refractivity contribution in [1.82, 2.24) is 4.90 Å². The van der Waals surface area contributed by atoms with Crippen LogP contribution in [0.3, 0.4) is 0 Å². The van der Waals surface area contributed by atoms with Gasteiger partial charge in [0.05, 0.1) is 19.1 Å². The maximum Gasteiger partial charge on any atom is 0.230 e. The van der Waals surface area contributed by atoms with Gasteiger partial charge in [-0.25, -0.2) is 0 Å². The zero-order valence-electron chi connectivity index (χ0n) is 10.1. The Hall–Kier alpha value is -1.55. The number of hydrogen-bond acceptors (Lipinski definition) is 3. The molecule has 0 aliphatic carbocycles. The molecule has 1 N–H and O–H groups in total. The Kier molecular flexibility index (Phi) is 3.33. The van der Waals surface area contributed by atoms with Crippen molar-refractivity contribution in [3.8, 4) is 5.75 Å². The summed E-state index contributed by atoms with van der Waals surface area (Å²) in [5, 5.41) is 9.33. The molecule has 1 aliphatic rings. The van der Waals surface area contributed by atoms with E-state index in [4.69, 9.17) is 4.74 Å². The first-order valence-electron chi connectivity index (χ1n) is 5.71. The normalized spacial score (nSPS) is 21.0. The first kappa shape index (κ1) is 11.9. The average molecular weight is 235 g/mol. The van der Waals surface area contributed by atoms with E-state index in [-0.39, 0.29) is 11.8 Å². The molecule has 0 spiro atoms. The second-order valence-corrected chi connectivity index (χ2v) is 4.41.